The lowest BCUT2D eigenvalue weighted by atomic mass is 9.93. The predicted octanol–water partition coefficient (Wildman–Crippen LogP) is 3.61. The minimum absolute atomic E-state index is 0.0249. The van der Waals surface area contributed by atoms with E-state index < -0.39 is 41.9 Å². The molecular weight excluding hydrogens is 606 g/mol. The fraction of sp³-hybridized carbons (Fsp3) is 0.355. The number of sulfonamides is 1. The van der Waals surface area contributed by atoms with Crippen molar-refractivity contribution in [3.8, 4) is 22.5 Å². The average Bonchev–Trinajstić information content (AvgIpc) is 2.99. The topological polar surface area (TPSA) is 149 Å². The van der Waals surface area contributed by atoms with Crippen molar-refractivity contribution in [3.05, 3.63) is 60.0 Å². The second kappa shape index (κ2) is 13.1. The Morgan fingerprint density at radius 1 is 0.955 bits per heavy atom. The molecule has 0 saturated heterocycles. The molecule has 0 saturated carbocycles. The highest BCUT2D eigenvalue weighted by atomic mass is 32.2. The fourth-order valence-corrected chi connectivity index (χ4v) is 7.34. The first-order valence-electron chi connectivity index (χ1n) is 14.3. The van der Waals surface area contributed by atoms with E-state index in [1.165, 1.54) is 19.1 Å². The van der Waals surface area contributed by atoms with Crippen LogP contribution in [0, 0.1) is 0 Å². The van der Waals surface area contributed by atoms with Crippen LogP contribution in [0.2, 0.25) is 0 Å². The molecule has 0 fully saturated rings. The summed E-state index contributed by atoms with van der Waals surface area (Å²) in [5, 5.41) is 1.45. The molecule has 1 aliphatic heterocycles. The van der Waals surface area contributed by atoms with Crippen LogP contribution >= 0.6 is 0 Å². The summed E-state index contributed by atoms with van der Waals surface area (Å²) >= 11 is 0. The normalized spacial score (nSPS) is 12.8. The number of carbonyl (C=O) groups is 1. The van der Waals surface area contributed by atoms with E-state index in [0.717, 1.165) is 50.4 Å². The molecule has 1 atom stereocenters. The molecule has 236 valence electrons. The Balaban J connectivity index is 2.08. The highest BCUT2D eigenvalue weighted by molar-refractivity contribution is 7.89. The maximum atomic E-state index is 13.1. The molecule has 0 spiro atoms. The zero-order chi connectivity index (χ0) is 32.4. The van der Waals surface area contributed by atoms with Crippen LogP contribution in [0.3, 0.4) is 0 Å². The molecule has 1 aliphatic carbocycles. The highest BCUT2D eigenvalue weighted by Crippen LogP contribution is 2.43. The fourth-order valence-electron chi connectivity index (χ4n) is 5.34. The van der Waals surface area contributed by atoms with Gasteiger partial charge >= 0.3 is 5.97 Å². The van der Waals surface area contributed by atoms with Gasteiger partial charge in [0.2, 0.25) is 15.4 Å². The van der Waals surface area contributed by atoms with E-state index in [-0.39, 0.29) is 5.56 Å². The van der Waals surface area contributed by atoms with Gasteiger partial charge < -0.3 is 18.6 Å². The van der Waals surface area contributed by atoms with Crippen LogP contribution < -0.4 is 19.6 Å². The molecule has 13 heteroatoms. The first-order valence-corrected chi connectivity index (χ1v) is 17.2. The van der Waals surface area contributed by atoms with Crippen LogP contribution in [-0.2, 0) is 29.7 Å². The molecular formula is C31H37N3O8S2. The molecule has 44 heavy (non-hydrogen) atoms. The van der Waals surface area contributed by atoms with Crippen molar-refractivity contribution in [2.75, 3.05) is 38.2 Å². The Hall–Kier alpha value is -3.78. The monoisotopic (exact) mass is 643 g/mol. The van der Waals surface area contributed by atoms with Gasteiger partial charge in [-0.2, -0.15) is 4.72 Å². The van der Waals surface area contributed by atoms with Gasteiger partial charge in [-0.25, -0.2) is 21.4 Å². The third kappa shape index (κ3) is 6.50. The SMILES string of the molecule is CCN(CC)c1ccc2c(-c3ccc(S(=O)(=O)NC(C)C(=O)OC)cc3S(=O)(=O)[O-])c3ccc(=[N+](CC)CC)cc-3oc2c1. The molecule has 0 bridgehead atoms. The number of esters is 1. The average molecular weight is 644 g/mol. The zero-order valence-corrected chi connectivity index (χ0v) is 27.2. The van der Waals surface area contributed by atoms with Crippen LogP contribution in [0.5, 0.6) is 0 Å². The summed E-state index contributed by atoms with van der Waals surface area (Å²) in [5.74, 6) is -0.367. The highest BCUT2D eigenvalue weighted by Gasteiger charge is 2.27. The molecule has 4 rings (SSSR count). The smallest absolute Gasteiger partial charge is 0.323 e. The second-order valence-electron chi connectivity index (χ2n) is 10.2. The van der Waals surface area contributed by atoms with Crippen molar-refractivity contribution < 1.29 is 35.3 Å². The van der Waals surface area contributed by atoms with E-state index in [9.17, 15) is 26.2 Å². The van der Waals surface area contributed by atoms with E-state index in [1.807, 2.05) is 64.1 Å². The van der Waals surface area contributed by atoms with Crippen LogP contribution in [0.1, 0.15) is 34.6 Å². The summed E-state index contributed by atoms with van der Waals surface area (Å²) < 4.78 is 79.6. The molecule has 1 unspecified atom stereocenters. The maximum absolute atomic E-state index is 13.1. The van der Waals surface area contributed by atoms with Crippen molar-refractivity contribution in [1.82, 2.24) is 9.30 Å². The Labute approximate surface area is 257 Å². The van der Waals surface area contributed by atoms with Crippen molar-refractivity contribution in [2.24, 2.45) is 0 Å². The van der Waals surface area contributed by atoms with Gasteiger partial charge in [0, 0.05) is 53.0 Å². The summed E-state index contributed by atoms with van der Waals surface area (Å²) in [7, 11) is -8.49. The third-order valence-electron chi connectivity index (χ3n) is 7.63. The second-order valence-corrected chi connectivity index (χ2v) is 13.2. The van der Waals surface area contributed by atoms with Crippen LogP contribution in [0.25, 0.3) is 33.4 Å². The van der Waals surface area contributed by atoms with Gasteiger partial charge in [0.15, 0.2) is 0 Å². The number of rotatable bonds is 11. The van der Waals surface area contributed by atoms with Crippen molar-refractivity contribution >= 4 is 42.8 Å². The number of ether oxygens (including phenoxy) is 1. The quantitative estimate of drug-likeness (QED) is 0.112. The van der Waals surface area contributed by atoms with Gasteiger partial charge in [0.25, 0.3) is 0 Å². The van der Waals surface area contributed by atoms with Crippen LogP contribution in [0.15, 0.2) is 68.8 Å². The van der Waals surface area contributed by atoms with Gasteiger partial charge in [-0.1, -0.05) is 6.07 Å². The Bertz CT molecular complexity index is 1960. The number of benzene rings is 3. The van der Waals surface area contributed by atoms with Gasteiger partial charge in [-0.05, 0) is 65.0 Å². The lowest BCUT2D eigenvalue weighted by Crippen LogP contribution is -2.39. The largest absolute Gasteiger partial charge is 0.744 e. The third-order valence-corrected chi connectivity index (χ3v) is 10.0. The number of hydrogen-bond acceptors (Lipinski definition) is 9. The Morgan fingerprint density at radius 2 is 1.61 bits per heavy atom. The predicted molar refractivity (Wildman–Crippen MR) is 168 cm³/mol. The maximum Gasteiger partial charge on any atom is 0.323 e. The Morgan fingerprint density at radius 3 is 2.20 bits per heavy atom. The Kier molecular flexibility index (Phi) is 9.83. The number of anilines is 1. The molecule has 11 nitrogen and oxygen atoms in total. The number of hydrogen-bond donors (Lipinski definition) is 1. The molecule has 0 amide bonds. The van der Waals surface area contributed by atoms with Crippen molar-refractivity contribution in [3.63, 3.8) is 0 Å². The minimum Gasteiger partial charge on any atom is -0.744 e. The van der Waals surface area contributed by atoms with E-state index in [0.29, 0.717) is 27.9 Å². The standard InChI is InChI=1S/C31H37N3O8S2/c1-7-33(8-2)21-11-14-24-27(17-21)42-28-18-22(34(9-3)10-4)12-15-25(28)30(24)26-16-13-23(19-29(26)44(38,39)40)43(36,37)32-20(5)31(35)41-6/h11-20,32H,7-10H2,1-6H3. The van der Waals surface area contributed by atoms with Crippen LogP contribution in [0.4, 0.5) is 5.69 Å². The van der Waals surface area contributed by atoms with E-state index in [1.54, 1.807) is 0 Å². The van der Waals surface area contributed by atoms with Crippen molar-refractivity contribution in [1.29, 1.82) is 0 Å². The number of nitrogens with one attached hydrogen (secondary N) is 1. The van der Waals surface area contributed by atoms with Gasteiger partial charge in [0.1, 0.15) is 40.6 Å². The first kappa shape index (κ1) is 33.1. The molecule has 2 aliphatic rings. The molecule has 1 N–H and O–H groups in total. The number of fused-ring (bicyclic) bond motifs is 2. The van der Waals surface area contributed by atoms with E-state index >= 15 is 0 Å². The van der Waals surface area contributed by atoms with Crippen LogP contribution in [-0.4, -0.2) is 66.7 Å². The van der Waals surface area contributed by atoms with E-state index in [2.05, 4.69) is 18.9 Å². The zero-order valence-electron chi connectivity index (χ0n) is 25.6. The van der Waals surface area contributed by atoms with E-state index in [4.69, 9.17) is 4.42 Å². The van der Waals surface area contributed by atoms with Gasteiger partial charge in [0.05, 0.1) is 23.0 Å². The molecule has 1 heterocycles. The van der Waals surface area contributed by atoms with Gasteiger partial charge in [-0.3, -0.25) is 4.79 Å². The molecule has 0 aromatic heterocycles. The lowest BCUT2D eigenvalue weighted by Gasteiger charge is -2.23. The molecule has 2 aromatic rings. The minimum atomic E-state index is -5.19. The first-order chi connectivity index (χ1) is 20.8. The molecule has 2 aromatic carbocycles. The summed E-state index contributed by atoms with van der Waals surface area (Å²) in [6, 6.07) is 13.2. The summed E-state index contributed by atoms with van der Waals surface area (Å²) in [4.78, 5) is 12.8. The number of carbonyl (C=O) groups excluding carboxylic acids is 1. The number of methoxy groups -OCH3 is 1. The summed E-state index contributed by atoms with van der Waals surface area (Å²) in [6.45, 7) is 12.5. The number of nitrogens with zero attached hydrogens (tertiary/aromatic N) is 2. The summed E-state index contributed by atoms with van der Waals surface area (Å²) in [6.07, 6.45) is 0. The molecule has 0 radical (unpaired) electrons. The summed E-state index contributed by atoms with van der Waals surface area (Å²) in [5.41, 5.74) is 2.35. The van der Waals surface area contributed by atoms with Gasteiger partial charge in [-0.15, -0.1) is 0 Å². The van der Waals surface area contributed by atoms with Crippen molar-refractivity contribution in [2.45, 2.75) is 50.5 Å². The lowest BCUT2D eigenvalue weighted by molar-refractivity contribution is -0.142.